The van der Waals surface area contributed by atoms with Crippen molar-refractivity contribution in [2.24, 2.45) is 5.73 Å². The third-order valence-corrected chi connectivity index (χ3v) is 2.09. The van der Waals surface area contributed by atoms with E-state index in [-0.39, 0.29) is 0 Å². The predicted molar refractivity (Wildman–Crippen MR) is 54.1 cm³/mol. The van der Waals surface area contributed by atoms with Crippen molar-refractivity contribution < 1.29 is 0 Å². The highest BCUT2D eigenvalue weighted by molar-refractivity contribution is 5.34. The van der Waals surface area contributed by atoms with E-state index in [2.05, 4.69) is 22.3 Å². The van der Waals surface area contributed by atoms with E-state index in [1.165, 1.54) is 5.56 Å². The summed E-state index contributed by atoms with van der Waals surface area (Å²) in [7, 11) is 0. The molecule has 0 fully saturated rings. The topological polar surface area (TPSA) is 56.7 Å². The highest BCUT2D eigenvalue weighted by atomic mass is 15.2. The molecule has 0 aliphatic heterocycles. The molecule has 14 heavy (non-hydrogen) atoms. The highest BCUT2D eigenvalue weighted by Crippen LogP contribution is 2.08. The fourth-order valence-corrected chi connectivity index (χ4v) is 1.34. The SMILES string of the molecule is NCCc1ccc(-n2cnnc2)cc1. The van der Waals surface area contributed by atoms with Crippen molar-refractivity contribution >= 4 is 0 Å². The van der Waals surface area contributed by atoms with Crippen LogP contribution in [-0.4, -0.2) is 21.3 Å². The maximum absolute atomic E-state index is 5.47. The van der Waals surface area contributed by atoms with Gasteiger partial charge in [-0.3, -0.25) is 4.57 Å². The molecule has 4 heteroatoms. The average molecular weight is 188 g/mol. The second-order valence-corrected chi connectivity index (χ2v) is 3.07. The number of hydrogen-bond donors (Lipinski definition) is 1. The Morgan fingerprint density at radius 1 is 1.07 bits per heavy atom. The minimum Gasteiger partial charge on any atom is -0.330 e. The molecule has 0 unspecified atom stereocenters. The van der Waals surface area contributed by atoms with Gasteiger partial charge in [0.2, 0.25) is 0 Å². The molecule has 2 aromatic rings. The smallest absolute Gasteiger partial charge is 0.123 e. The van der Waals surface area contributed by atoms with E-state index in [4.69, 9.17) is 5.73 Å². The van der Waals surface area contributed by atoms with Crippen molar-refractivity contribution in [1.82, 2.24) is 14.8 Å². The fourth-order valence-electron chi connectivity index (χ4n) is 1.34. The molecule has 0 bridgehead atoms. The van der Waals surface area contributed by atoms with Crippen molar-refractivity contribution in [2.45, 2.75) is 6.42 Å². The Bertz CT molecular complexity index is 377. The quantitative estimate of drug-likeness (QED) is 0.774. The summed E-state index contributed by atoms with van der Waals surface area (Å²) in [4.78, 5) is 0. The van der Waals surface area contributed by atoms with Crippen molar-refractivity contribution in [3.8, 4) is 5.69 Å². The molecule has 0 spiro atoms. The zero-order valence-electron chi connectivity index (χ0n) is 7.80. The van der Waals surface area contributed by atoms with Gasteiger partial charge in [0, 0.05) is 5.69 Å². The molecular formula is C10H12N4. The summed E-state index contributed by atoms with van der Waals surface area (Å²) in [5.41, 5.74) is 7.79. The van der Waals surface area contributed by atoms with Crippen LogP contribution in [0.3, 0.4) is 0 Å². The summed E-state index contributed by atoms with van der Waals surface area (Å²) in [6.07, 6.45) is 4.28. The Labute approximate surface area is 82.4 Å². The molecule has 0 atom stereocenters. The van der Waals surface area contributed by atoms with Crippen LogP contribution in [0.4, 0.5) is 0 Å². The molecule has 0 saturated carbocycles. The van der Waals surface area contributed by atoms with Crippen LogP contribution in [0.2, 0.25) is 0 Å². The molecule has 4 nitrogen and oxygen atoms in total. The number of hydrogen-bond acceptors (Lipinski definition) is 3. The van der Waals surface area contributed by atoms with Gasteiger partial charge in [-0.25, -0.2) is 0 Å². The molecule has 1 heterocycles. The molecule has 0 amide bonds. The molecular weight excluding hydrogens is 176 g/mol. The maximum atomic E-state index is 5.47. The Balaban J connectivity index is 2.22. The molecule has 72 valence electrons. The lowest BCUT2D eigenvalue weighted by atomic mass is 10.1. The Morgan fingerprint density at radius 3 is 2.29 bits per heavy atom. The Morgan fingerprint density at radius 2 is 1.71 bits per heavy atom. The van der Waals surface area contributed by atoms with Gasteiger partial charge in [0.15, 0.2) is 0 Å². The van der Waals surface area contributed by atoms with Gasteiger partial charge in [0.05, 0.1) is 0 Å². The lowest BCUT2D eigenvalue weighted by Crippen LogP contribution is -2.02. The second kappa shape index (κ2) is 4.02. The summed E-state index contributed by atoms with van der Waals surface area (Å²) in [5.74, 6) is 0. The fraction of sp³-hybridized carbons (Fsp3) is 0.200. The lowest BCUT2D eigenvalue weighted by molar-refractivity contribution is 0.964. The summed E-state index contributed by atoms with van der Waals surface area (Å²) < 4.78 is 1.87. The van der Waals surface area contributed by atoms with Crippen LogP contribution in [0, 0.1) is 0 Å². The summed E-state index contributed by atoms with van der Waals surface area (Å²) in [5, 5.41) is 7.50. The molecule has 0 aliphatic carbocycles. The second-order valence-electron chi connectivity index (χ2n) is 3.07. The van der Waals surface area contributed by atoms with Crippen molar-refractivity contribution in [3.63, 3.8) is 0 Å². The largest absolute Gasteiger partial charge is 0.330 e. The first-order valence-corrected chi connectivity index (χ1v) is 4.54. The molecule has 2 rings (SSSR count). The van der Waals surface area contributed by atoms with Crippen molar-refractivity contribution in [2.75, 3.05) is 6.54 Å². The van der Waals surface area contributed by atoms with Gasteiger partial charge < -0.3 is 5.73 Å². The van der Waals surface area contributed by atoms with Crippen LogP contribution < -0.4 is 5.73 Å². The van der Waals surface area contributed by atoms with Crippen LogP contribution in [0.15, 0.2) is 36.9 Å². The minimum absolute atomic E-state index is 0.686. The van der Waals surface area contributed by atoms with Crippen LogP contribution in [0.5, 0.6) is 0 Å². The van der Waals surface area contributed by atoms with Gasteiger partial charge in [-0.2, -0.15) is 0 Å². The van der Waals surface area contributed by atoms with E-state index in [1.54, 1.807) is 12.7 Å². The van der Waals surface area contributed by atoms with Crippen LogP contribution in [0.1, 0.15) is 5.56 Å². The van der Waals surface area contributed by atoms with Gasteiger partial charge >= 0.3 is 0 Å². The van der Waals surface area contributed by atoms with Gasteiger partial charge in [-0.15, -0.1) is 10.2 Å². The van der Waals surface area contributed by atoms with Crippen molar-refractivity contribution in [3.05, 3.63) is 42.5 Å². The van der Waals surface area contributed by atoms with E-state index in [0.717, 1.165) is 12.1 Å². The maximum Gasteiger partial charge on any atom is 0.123 e. The van der Waals surface area contributed by atoms with E-state index in [0.29, 0.717) is 6.54 Å². The van der Waals surface area contributed by atoms with E-state index in [1.807, 2.05) is 16.7 Å². The lowest BCUT2D eigenvalue weighted by Gasteiger charge is -2.02. The first-order chi connectivity index (χ1) is 6.90. The molecule has 0 radical (unpaired) electrons. The average Bonchev–Trinajstić information content (AvgIpc) is 2.72. The van der Waals surface area contributed by atoms with Crippen LogP contribution in [-0.2, 0) is 6.42 Å². The number of nitrogens with zero attached hydrogens (tertiary/aromatic N) is 3. The van der Waals surface area contributed by atoms with Gasteiger partial charge in [-0.05, 0) is 30.7 Å². The standard InChI is InChI=1S/C10H12N4/c11-6-5-9-1-3-10(4-2-9)14-7-12-13-8-14/h1-4,7-8H,5-6,11H2. The zero-order valence-corrected chi connectivity index (χ0v) is 7.80. The van der Waals surface area contributed by atoms with E-state index >= 15 is 0 Å². The number of nitrogens with two attached hydrogens (primary N) is 1. The minimum atomic E-state index is 0.686. The molecule has 1 aromatic heterocycles. The van der Waals surface area contributed by atoms with Crippen LogP contribution >= 0.6 is 0 Å². The summed E-state index contributed by atoms with van der Waals surface area (Å²) >= 11 is 0. The van der Waals surface area contributed by atoms with Gasteiger partial charge in [0.1, 0.15) is 12.7 Å². The Hall–Kier alpha value is -1.68. The van der Waals surface area contributed by atoms with E-state index < -0.39 is 0 Å². The summed E-state index contributed by atoms with van der Waals surface area (Å²) in [6, 6.07) is 8.22. The Kier molecular flexibility index (Phi) is 2.55. The molecule has 0 aliphatic rings. The highest BCUT2D eigenvalue weighted by Gasteiger charge is 1.95. The van der Waals surface area contributed by atoms with Crippen molar-refractivity contribution in [1.29, 1.82) is 0 Å². The van der Waals surface area contributed by atoms with Gasteiger partial charge in [-0.1, -0.05) is 12.1 Å². The predicted octanol–water partition coefficient (Wildman–Crippen LogP) is 0.768. The molecule has 2 N–H and O–H groups in total. The third-order valence-electron chi connectivity index (χ3n) is 2.09. The third kappa shape index (κ3) is 1.80. The first kappa shape index (κ1) is 8.90. The monoisotopic (exact) mass is 188 g/mol. The normalized spacial score (nSPS) is 10.4. The molecule has 1 aromatic carbocycles. The van der Waals surface area contributed by atoms with Gasteiger partial charge in [0.25, 0.3) is 0 Å². The van der Waals surface area contributed by atoms with E-state index in [9.17, 15) is 0 Å². The first-order valence-electron chi connectivity index (χ1n) is 4.54. The number of benzene rings is 1. The number of rotatable bonds is 3. The van der Waals surface area contributed by atoms with Crippen LogP contribution in [0.25, 0.3) is 5.69 Å². The molecule has 0 saturated heterocycles. The zero-order chi connectivity index (χ0) is 9.80. The summed E-state index contributed by atoms with van der Waals surface area (Å²) in [6.45, 7) is 0.686. The number of aromatic nitrogens is 3.